The molecular weight excluding hydrogens is 176 g/mol. The summed E-state index contributed by atoms with van der Waals surface area (Å²) in [5.74, 6) is 2.53. The van der Waals surface area contributed by atoms with Crippen molar-refractivity contribution >= 4 is 23.5 Å². The molecule has 0 aromatic heterocycles. The molecule has 2 aliphatic heterocycles. The molecule has 0 bridgehead atoms. The molecule has 0 aromatic carbocycles. The molecular formula is C7H14N2S2. The molecule has 4 heteroatoms. The Hall–Kier alpha value is 0.620. The van der Waals surface area contributed by atoms with Crippen molar-refractivity contribution in [3.05, 3.63) is 0 Å². The van der Waals surface area contributed by atoms with Gasteiger partial charge in [0.15, 0.2) is 0 Å². The van der Waals surface area contributed by atoms with E-state index < -0.39 is 0 Å². The highest BCUT2D eigenvalue weighted by atomic mass is 32.2. The molecule has 2 unspecified atom stereocenters. The summed E-state index contributed by atoms with van der Waals surface area (Å²) in [6, 6.07) is 0. The van der Waals surface area contributed by atoms with Crippen LogP contribution in [0.4, 0.5) is 0 Å². The Balaban J connectivity index is 2.00. The molecule has 0 spiro atoms. The van der Waals surface area contributed by atoms with Gasteiger partial charge in [0.05, 0.1) is 10.2 Å². The molecule has 2 rings (SSSR count). The van der Waals surface area contributed by atoms with Crippen molar-refractivity contribution in [3.63, 3.8) is 0 Å². The van der Waals surface area contributed by atoms with Gasteiger partial charge in [-0.05, 0) is 6.92 Å². The molecule has 2 fully saturated rings. The maximum atomic E-state index is 3.55. The second-order valence-corrected chi connectivity index (χ2v) is 5.85. The van der Waals surface area contributed by atoms with Crippen molar-refractivity contribution in [2.75, 3.05) is 24.6 Å². The summed E-state index contributed by atoms with van der Waals surface area (Å²) in [6.45, 7) is 4.65. The molecule has 2 N–H and O–H groups in total. The van der Waals surface area contributed by atoms with E-state index in [-0.39, 0.29) is 0 Å². The van der Waals surface area contributed by atoms with Gasteiger partial charge in [-0.15, -0.1) is 23.5 Å². The van der Waals surface area contributed by atoms with Crippen molar-refractivity contribution in [1.29, 1.82) is 0 Å². The fourth-order valence-corrected chi connectivity index (χ4v) is 4.14. The van der Waals surface area contributed by atoms with Crippen LogP contribution in [-0.2, 0) is 0 Å². The van der Waals surface area contributed by atoms with E-state index in [0.29, 0.717) is 10.2 Å². The number of rotatable bonds is 1. The van der Waals surface area contributed by atoms with Crippen LogP contribution in [0.1, 0.15) is 6.92 Å². The van der Waals surface area contributed by atoms with Crippen molar-refractivity contribution < 1.29 is 0 Å². The second kappa shape index (κ2) is 3.17. The van der Waals surface area contributed by atoms with Crippen molar-refractivity contribution in [2.45, 2.75) is 17.2 Å². The highest BCUT2D eigenvalue weighted by Crippen LogP contribution is 2.36. The molecule has 2 saturated heterocycles. The average molecular weight is 190 g/mol. The van der Waals surface area contributed by atoms with Gasteiger partial charge in [-0.25, -0.2) is 0 Å². The fraction of sp³-hybridized carbons (Fsp3) is 1.00. The maximum absolute atomic E-state index is 3.55. The highest BCUT2D eigenvalue weighted by molar-refractivity contribution is 8.04. The third kappa shape index (κ3) is 1.54. The molecule has 2 aliphatic rings. The zero-order valence-electron chi connectivity index (χ0n) is 6.72. The Labute approximate surface area is 76.3 Å². The molecule has 2 nitrogen and oxygen atoms in total. The van der Waals surface area contributed by atoms with E-state index in [1.165, 1.54) is 24.6 Å². The van der Waals surface area contributed by atoms with Crippen LogP contribution in [0.25, 0.3) is 0 Å². The number of thioether (sulfide) groups is 2. The monoisotopic (exact) mass is 190 g/mol. The quantitative estimate of drug-likeness (QED) is 0.636. The van der Waals surface area contributed by atoms with Crippen LogP contribution in [0.2, 0.25) is 0 Å². The molecule has 0 aromatic rings. The topological polar surface area (TPSA) is 24.1 Å². The van der Waals surface area contributed by atoms with Gasteiger partial charge < -0.3 is 10.6 Å². The lowest BCUT2D eigenvalue weighted by atomic mass is 10.3. The minimum atomic E-state index is 0.293. The zero-order valence-corrected chi connectivity index (χ0v) is 8.36. The van der Waals surface area contributed by atoms with Gasteiger partial charge in [-0.2, -0.15) is 0 Å². The third-order valence-electron chi connectivity index (χ3n) is 2.20. The Morgan fingerprint density at radius 1 is 1.36 bits per heavy atom. The smallest absolute Gasteiger partial charge is 0.0866 e. The first-order valence-electron chi connectivity index (χ1n) is 4.05. The van der Waals surface area contributed by atoms with Gasteiger partial charge in [0.25, 0.3) is 0 Å². The number of hydrogen-bond acceptors (Lipinski definition) is 4. The van der Waals surface area contributed by atoms with E-state index in [9.17, 15) is 0 Å². The predicted octanol–water partition coefficient (Wildman–Crippen LogP) is 0.701. The summed E-state index contributed by atoms with van der Waals surface area (Å²) < 4.78 is 0. The van der Waals surface area contributed by atoms with Crippen LogP contribution in [0.3, 0.4) is 0 Å². The van der Waals surface area contributed by atoms with Crippen LogP contribution < -0.4 is 10.6 Å². The van der Waals surface area contributed by atoms with Crippen molar-refractivity contribution in [2.24, 2.45) is 0 Å². The van der Waals surface area contributed by atoms with Crippen LogP contribution in [-0.4, -0.2) is 34.8 Å². The molecule has 0 aliphatic carbocycles. The molecule has 0 radical (unpaired) electrons. The SMILES string of the molecule is CC1(C2NCCS2)NCCS1. The molecule has 64 valence electrons. The summed E-state index contributed by atoms with van der Waals surface area (Å²) in [5, 5.41) is 7.69. The maximum Gasteiger partial charge on any atom is 0.0866 e. The van der Waals surface area contributed by atoms with Gasteiger partial charge in [0.1, 0.15) is 0 Å². The van der Waals surface area contributed by atoms with E-state index >= 15 is 0 Å². The Morgan fingerprint density at radius 2 is 2.27 bits per heavy atom. The highest BCUT2D eigenvalue weighted by Gasteiger charge is 2.39. The van der Waals surface area contributed by atoms with Gasteiger partial charge in [-0.3, -0.25) is 0 Å². The van der Waals surface area contributed by atoms with E-state index in [4.69, 9.17) is 0 Å². The van der Waals surface area contributed by atoms with Gasteiger partial charge in [0, 0.05) is 24.6 Å². The minimum Gasteiger partial charge on any atom is -0.302 e. The number of nitrogens with one attached hydrogen (secondary N) is 2. The number of hydrogen-bond donors (Lipinski definition) is 2. The molecule has 0 amide bonds. The van der Waals surface area contributed by atoms with Crippen molar-refractivity contribution in [3.8, 4) is 0 Å². The predicted molar refractivity (Wildman–Crippen MR) is 53.1 cm³/mol. The Bertz CT molecular complexity index is 139. The first-order valence-corrected chi connectivity index (χ1v) is 6.09. The molecule has 2 atom stereocenters. The second-order valence-electron chi connectivity index (χ2n) is 3.09. The lowest BCUT2D eigenvalue weighted by Gasteiger charge is -2.29. The zero-order chi connectivity index (χ0) is 7.73. The lowest BCUT2D eigenvalue weighted by Crippen LogP contribution is -2.48. The lowest BCUT2D eigenvalue weighted by molar-refractivity contribution is 0.484. The largest absolute Gasteiger partial charge is 0.302 e. The summed E-state index contributed by atoms with van der Waals surface area (Å²) in [4.78, 5) is 0.293. The first kappa shape index (κ1) is 8.23. The third-order valence-corrected chi connectivity index (χ3v) is 5.15. The minimum absolute atomic E-state index is 0.293. The van der Waals surface area contributed by atoms with E-state index in [2.05, 4.69) is 17.6 Å². The van der Waals surface area contributed by atoms with E-state index in [1.807, 2.05) is 23.5 Å². The normalized spacial score (nSPS) is 45.0. The van der Waals surface area contributed by atoms with E-state index in [1.54, 1.807) is 0 Å². The molecule has 0 saturated carbocycles. The Kier molecular flexibility index (Phi) is 2.37. The summed E-state index contributed by atoms with van der Waals surface area (Å²) >= 11 is 4.09. The summed E-state index contributed by atoms with van der Waals surface area (Å²) in [6.07, 6.45) is 0. The van der Waals surface area contributed by atoms with E-state index in [0.717, 1.165) is 0 Å². The van der Waals surface area contributed by atoms with Crippen LogP contribution in [0, 0.1) is 0 Å². The first-order chi connectivity index (χ1) is 5.31. The van der Waals surface area contributed by atoms with Crippen LogP contribution >= 0.6 is 23.5 Å². The average Bonchev–Trinajstić information content (AvgIpc) is 2.55. The van der Waals surface area contributed by atoms with Crippen LogP contribution in [0.5, 0.6) is 0 Å². The van der Waals surface area contributed by atoms with Gasteiger partial charge in [0.2, 0.25) is 0 Å². The van der Waals surface area contributed by atoms with Crippen molar-refractivity contribution in [1.82, 2.24) is 10.6 Å². The van der Waals surface area contributed by atoms with Gasteiger partial charge in [-0.1, -0.05) is 0 Å². The molecule has 11 heavy (non-hydrogen) atoms. The Morgan fingerprint density at radius 3 is 2.82 bits per heavy atom. The van der Waals surface area contributed by atoms with Crippen LogP contribution in [0.15, 0.2) is 0 Å². The summed E-state index contributed by atoms with van der Waals surface area (Å²) in [5.41, 5.74) is 0. The van der Waals surface area contributed by atoms with Gasteiger partial charge >= 0.3 is 0 Å². The standard InChI is InChI=1S/C7H14N2S2/c1-7(9-3-5-11-7)6-8-2-4-10-6/h6,8-9H,2-5H2,1H3. The molecule has 2 heterocycles. The summed E-state index contributed by atoms with van der Waals surface area (Å²) in [7, 11) is 0. The fourth-order valence-electron chi connectivity index (χ4n) is 1.56.